The molecule has 0 radical (unpaired) electrons. The smallest absolute Gasteiger partial charge is 0.255 e. The minimum Gasteiger partial charge on any atom is -0.396 e. The summed E-state index contributed by atoms with van der Waals surface area (Å²) in [6, 6.07) is 2.55. The van der Waals surface area contributed by atoms with Gasteiger partial charge in [0.1, 0.15) is 5.52 Å². The van der Waals surface area contributed by atoms with Gasteiger partial charge in [-0.2, -0.15) is 0 Å². The zero-order valence-electron chi connectivity index (χ0n) is 17.1. The Balaban J connectivity index is 0.00000128. The fraction of sp³-hybridized carbons (Fsp3) is 0.667. The van der Waals surface area contributed by atoms with E-state index in [4.69, 9.17) is 0 Å². The number of pyridine rings is 1. The molecule has 2 aliphatic heterocycles. The van der Waals surface area contributed by atoms with Crippen molar-refractivity contribution >= 4 is 41.9 Å². The van der Waals surface area contributed by atoms with Gasteiger partial charge < -0.3 is 19.9 Å². The molecule has 1 amide bonds. The first-order valence-corrected chi connectivity index (χ1v) is 10.7. The molecular weight excluding hydrogens is 425 g/mol. The molecule has 9 heteroatoms. The zero-order chi connectivity index (χ0) is 19.1. The van der Waals surface area contributed by atoms with Crippen LogP contribution < -0.4 is 5.32 Å². The van der Waals surface area contributed by atoms with E-state index in [1.165, 1.54) is 25.7 Å². The molecule has 30 heavy (non-hydrogen) atoms. The largest absolute Gasteiger partial charge is 0.396 e. The van der Waals surface area contributed by atoms with E-state index in [0.717, 1.165) is 37.0 Å². The first-order chi connectivity index (χ1) is 13.7. The van der Waals surface area contributed by atoms with Gasteiger partial charge in [0.15, 0.2) is 5.65 Å². The molecule has 0 aromatic carbocycles. The van der Waals surface area contributed by atoms with Crippen molar-refractivity contribution in [2.45, 2.75) is 57.0 Å². The molecule has 2 aromatic rings. The number of piperidine rings is 2. The molecular formula is C21H31Cl2N5O2. The van der Waals surface area contributed by atoms with Gasteiger partial charge in [-0.15, -0.1) is 24.8 Å². The maximum Gasteiger partial charge on any atom is 0.255 e. The SMILES string of the molecule is Cl.Cl.O=C(c1cnc2c(c1)ncn2C1CCCC1)N1CC[C@@]2(CO)CCCN[C@@H]2C1. The molecule has 5 rings (SSSR count). The molecule has 166 valence electrons. The van der Waals surface area contributed by atoms with Gasteiger partial charge in [-0.1, -0.05) is 12.8 Å². The monoisotopic (exact) mass is 455 g/mol. The molecule has 2 N–H and O–H groups in total. The average molecular weight is 456 g/mol. The maximum atomic E-state index is 13.1. The van der Waals surface area contributed by atoms with Crippen molar-refractivity contribution in [3.05, 3.63) is 24.2 Å². The van der Waals surface area contributed by atoms with Crippen molar-refractivity contribution in [3.8, 4) is 0 Å². The minimum absolute atomic E-state index is 0. The molecule has 2 saturated heterocycles. The quantitative estimate of drug-likeness (QED) is 0.742. The van der Waals surface area contributed by atoms with Crippen LogP contribution in [0.3, 0.4) is 0 Å². The third-order valence-electron chi connectivity index (χ3n) is 7.24. The highest BCUT2D eigenvalue weighted by atomic mass is 35.5. The fourth-order valence-corrected chi connectivity index (χ4v) is 5.46. The Bertz CT molecular complexity index is 885. The van der Waals surface area contributed by atoms with Crippen LogP contribution in [0.15, 0.2) is 18.6 Å². The van der Waals surface area contributed by atoms with Crippen LogP contribution in [0.5, 0.6) is 0 Å². The van der Waals surface area contributed by atoms with Gasteiger partial charge in [-0.05, 0) is 44.7 Å². The highest BCUT2D eigenvalue weighted by molar-refractivity contribution is 5.96. The van der Waals surface area contributed by atoms with Gasteiger partial charge in [0.2, 0.25) is 0 Å². The summed E-state index contributed by atoms with van der Waals surface area (Å²) in [7, 11) is 0. The first-order valence-electron chi connectivity index (χ1n) is 10.7. The molecule has 0 spiro atoms. The summed E-state index contributed by atoms with van der Waals surface area (Å²) < 4.78 is 2.18. The number of hydrogen-bond acceptors (Lipinski definition) is 5. The first kappa shape index (κ1) is 23.3. The van der Waals surface area contributed by atoms with Crippen molar-refractivity contribution in [1.82, 2.24) is 24.8 Å². The van der Waals surface area contributed by atoms with E-state index >= 15 is 0 Å². The van der Waals surface area contributed by atoms with E-state index in [9.17, 15) is 9.90 Å². The van der Waals surface area contributed by atoms with E-state index in [1.54, 1.807) is 6.20 Å². The normalized spacial score (nSPS) is 26.7. The van der Waals surface area contributed by atoms with Crippen LogP contribution >= 0.6 is 24.8 Å². The highest BCUT2D eigenvalue weighted by Gasteiger charge is 2.45. The number of aliphatic hydroxyl groups excluding tert-OH is 1. The number of imidazole rings is 1. The lowest BCUT2D eigenvalue weighted by atomic mass is 9.70. The van der Waals surface area contributed by atoms with E-state index in [-0.39, 0.29) is 48.8 Å². The van der Waals surface area contributed by atoms with Crippen LogP contribution in [-0.4, -0.2) is 62.7 Å². The topological polar surface area (TPSA) is 83.3 Å². The molecule has 2 aromatic heterocycles. The number of amides is 1. The van der Waals surface area contributed by atoms with Gasteiger partial charge >= 0.3 is 0 Å². The molecule has 3 aliphatic rings. The summed E-state index contributed by atoms with van der Waals surface area (Å²) in [4.78, 5) is 24.2. The highest BCUT2D eigenvalue weighted by Crippen LogP contribution is 2.38. The number of rotatable bonds is 3. The molecule has 3 fully saturated rings. The number of carbonyl (C=O) groups is 1. The van der Waals surface area contributed by atoms with E-state index in [1.807, 2.05) is 17.3 Å². The number of hydrogen-bond donors (Lipinski definition) is 2. The van der Waals surface area contributed by atoms with Crippen molar-refractivity contribution in [1.29, 1.82) is 0 Å². The molecule has 1 saturated carbocycles. The Hall–Kier alpha value is -1.41. The molecule has 2 atom stereocenters. The summed E-state index contributed by atoms with van der Waals surface area (Å²) in [6.45, 7) is 2.49. The summed E-state index contributed by atoms with van der Waals surface area (Å²) in [6.07, 6.45) is 11.5. The number of nitrogens with zero attached hydrogens (tertiary/aromatic N) is 4. The second kappa shape index (κ2) is 9.39. The van der Waals surface area contributed by atoms with Crippen molar-refractivity contribution < 1.29 is 9.90 Å². The third-order valence-corrected chi connectivity index (χ3v) is 7.24. The number of fused-ring (bicyclic) bond motifs is 2. The van der Waals surface area contributed by atoms with Gasteiger partial charge in [0.25, 0.3) is 5.91 Å². The van der Waals surface area contributed by atoms with E-state index < -0.39 is 0 Å². The Morgan fingerprint density at radius 3 is 2.77 bits per heavy atom. The Morgan fingerprint density at radius 1 is 1.20 bits per heavy atom. The second-order valence-electron chi connectivity index (χ2n) is 8.79. The van der Waals surface area contributed by atoms with Crippen LogP contribution in [-0.2, 0) is 0 Å². The maximum absolute atomic E-state index is 13.1. The Labute approximate surface area is 189 Å². The number of carbonyl (C=O) groups excluding carboxylic acids is 1. The van der Waals surface area contributed by atoms with Crippen LogP contribution in [0, 0.1) is 5.41 Å². The van der Waals surface area contributed by atoms with Gasteiger partial charge in [-0.25, -0.2) is 9.97 Å². The molecule has 4 heterocycles. The summed E-state index contributed by atoms with van der Waals surface area (Å²) in [5.41, 5.74) is 2.22. The summed E-state index contributed by atoms with van der Waals surface area (Å²) >= 11 is 0. The van der Waals surface area contributed by atoms with Crippen molar-refractivity contribution in [2.75, 3.05) is 26.2 Å². The van der Waals surface area contributed by atoms with Crippen molar-refractivity contribution in [2.24, 2.45) is 5.41 Å². The van der Waals surface area contributed by atoms with Crippen molar-refractivity contribution in [3.63, 3.8) is 0 Å². The summed E-state index contributed by atoms with van der Waals surface area (Å²) in [5.74, 6) is 0.0173. The number of halogens is 2. The number of likely N-dealkylation sites (tertiary alicyclic amines) is 1. The van der Waals surface area contributed by atoms with E-state index in [2.05, 4.69) is 19.9 Å². The molecule has 7 nitrogen and oxygen atoms in total. The zero-order valence-corrected chi connectivity index (χ0v) is 18.8. The van der Waals surface area contributed by atoms with Crippen LogP contribution in [0.1, 0.15) is 61.3 Å². The van der Waals surface area contributed by atoms with Gasteiger partial charge in [0, 0.05) is 36.8 Å². The lowest BCUT2D eigenvalue weighted by Gasteiger charge is -2.50. The molecule has 0 bridgehead atoms. The van der Waals surface area contributed by atoms with Crippen LogP contribution in [0.25, 0.3) is 11.2 Å². The van der Waals surface area contributed by atoms with Gasteiger partial charge in [-0.3, -0.25) is 4.79 Å². The lowest BCUT2D eigenvalue weighted by Crippen LogP contribution is -2.62. The van der Waals surface area contributed by atoms with Crippen LogP contribution in [0.4, 0.5) is 0 Å². The second-order valence-corrected chi connectivity index (χ2v) is 8.79. The average Bonchev–Trinajstić information content (AvgIpc) is 3.41. The van der Waals surface area contributed by atoms with Gasteiger partial charge in [0.05, 0.1) is 18.5 Å². The number of aliphatic hydroxyl groups is 1. The predicted molar refractivity (Wildman–Crippen MR) is 121 cm³/mol. The predicted octanol–water partition coefficient (Wildman–Crippen LogP) is 2.97. The number of nitrogens with one attached hydrogen (secondary N) is 1. The summed E-state index contributed by atoms with van der Waals surface area (Å²) in [5, 5.41) is 13.5. The standard InChI is InChI=1S/C21H29N5O2.2ClH/c27-13-21-6-3-8-22-18(21)12-25(9-7-21)20(28)15-10-17-19(23-11-15)26(14-24-17)16-4-1-2-5-16;;/h10-11,14,16,18,22,27H,1-9,12-13H2;2*1H/t18-,21-;;/m1../s1. The lowest BCUT2D eigenvalue weighted by molar-refractivity contribution is -0.00882. The molecule has 1 aliphatic carbocycles. The number of aromatic nitrogens is 3. The Kier molecular flexibility index (Phi) is 7.28. The van der Waals surface area contributed by atoms with E-state index in [0.29, 0.717) is 24.7 Å². The Morgan fingerprint density at radius 2 is 2.00 bits per heavy atom. The van der Waals surface area contributed by atoms with Crippen LogP contribution in [0.2, 0.25) is 0 Å². The third kappa shape index (κ3) is 3.93. The molecule has 0 unspecified atom stereocenters. The minimum atomic E-state index is -0.0721. The fourth-order valence-electron chi connectivity index (χ4n) is 5.46.